The van der Waals surface area contributed by atoms with Gasteiger partial charge in [0.2, 0.25) is 0 Å². The second-order valence-electron chi connectivity index (χ2n) is 4.48. The average Bonchev–Trinajstić information content (AvgIpc) is 2.39. The monoisotopic (exact) mass is 281 g/mol. The van der Waals surface area contributed by atoms with Crippen LogP contribution < -0.4 is 0 Å². The highest BCUT2D eigenvalue weighted by Gasteiger charge is 2.11. The molecule has 0 saturated carbocycles. The molecule has 1 atom stereocenters. The number of carbonyl (C=O) groups is 2. The van der Waals surface area contributed by atoms with Crippen LogP contribution in [0.4, 0.5) is 4.79 Å². The van der Waals surface area contributed by atoms with E-state index in [0.717, 1.165) is 25.7 Å². The summed E-state index contributed by atoms with van der Waals surface area (Å²) in [6, 6.07) is 1.88. The first-order valence-electron chi connectivity index (χ1n) is 6.99. The van der Waals surface area contributed by atoms with Gasteiger partial charge in [-0.15, -0.1) is 0 Å². The number of allylic oxidation sites excluding steroid dienone is 1. The lowest BCUT2D eigenvalue weighted by molar-refractivity contribution is -0.117. The zero-order valence-electron chi connectivity index (χ0n) is 12.3. The summed E-state index contributed by atoms with van der Waals surface area (Å²) < 4.78 is 9.79. The third kappa shape index (κ3) is 11.3. The number of hydrogen-bond donors (Lipinski definition) is 0. The van der Waals surface area contributed by atoms with Gasteiger partial charge in [0.15, 0.2) is 0 Å². The van der Waals surface area contributed by atoms with Gasteiger partial charge in [-0.2, -0.15) is 5.26 Å². The van der Waals surface area contributed by atoms with Gasteiger partial charge >= 0.3 is 6.16 Å². The molecule has 0 aliphatic carbocycles. The number of nitriles is 1. The number of carbonyl (C=O) groups excluding carboxylic acids is 2. The maximum absolute atomic E-state index is 11.2. The molecule has 0 unspecified atom stereocenters. The average molecular weight is 281 g/mol. The van der Waals surface area contributed by atoms with Crippen molar-refractivity contribution in [2.45, 2.75) is 58.5 Å². The van der Waals surface area contributed by atoms with Crippen LogP contribution in [0.5, 0.6) is 0 Å². The first kappa shape index (κ1) is 18.2. The van der Waals surface area contributed by atoms with E-state index in [2.05, 4.69) is 0 Å². The van der Waals surface area contributed by atoms with Gasteiger partial charge in [-0.3, -0.25) is 0 Å². The van der Waals surface area contributed by atoms with Crippen molar-refractivity contribution in [3.8, 4) is 6.07 Å². The summed E-state index contributed by atoms with van der Waals surface area (Å²) in [6.07, 6.45) is 6.72. The van der Waals surface area contributed by atoms with Gasteiger partial charge in [0.05, 0.1) is 12.7 Å². The number of ether oxygens (including phenoxy) is 2. The summed E-state index contributed by atoms with van der Waals surface area (Å²) in [5.41, 5.74) is 0. The van der Waals surface area contributed by atoms with Crippen molar-refractivity contribution in [1.29, 1.82) is 5.26 Å². The molecule has 0 aromatic rings. The fourth-order valence-electron chi connectivity index (χ4n) is 1.69. The van der Waals surface area contributed by atoms with Crippen molar-refractivity contribution >= 4 is 11.9 Å². The van der Waals surface area contributed by atoms with Gasteiger partial charge in [0.1, 0.15) is 11.9 Å². The van der Waals surface area contributed by atoms with Crippen LogP contribution in [0.3, 0.4) is 0 Å². The highest BCUT2D eigenvalue weighted by Crippen LogP contribution is 2.11. The molecule has 5 heteroatoms. The third-order valence-electron chi connectivity index (χ3n) is 2.66. The highest BCUT2D eigenvalue weighted by atomic mass is 16.7. The van der Waals surface area contributed by atoms with Gasteiger partial charge in [-0.1, -0.05) is 12.8 Å². The Bertz CT molecular complexity index is 357. The van der Waals surface area contributed by atoms with E-state index >= 15 is 0 Å². The Morgan fingerprint density at radius 1 is 1.25 bits per heavy atom. The quantitative estimate of drug-likeness (QED) is 0.348. The Balaban J connectivity index is 3.93. The smallest absolute Gasteiger partial charge is 0.435 e. The Labute approximate surface area is 120 Å². The van der Waals surface area contributed by atoms with E-state index in [9.17, 15) is 9.59 Å². The molecule has 0 fully saturated rings. The van der Waals surface area contributed by atoms with E-state index in [1.807, 2.05) is 6.07 Å². The van der Waals surface area contributed by atoms with E-state index < -0.39 is 12.3 Å². The topological polar surface area (TPSA) is 76.4 Å². The predicted molar refractivity (Wildman–Crippen MR) is 75.0 cm³/mol. The van der Waals surface area contributed by atoms with Gasteiger partial charge in [-0.25, -0.2) is 4.79 Å². The molecular formula is C15H23NO4. The molecule has 0 N–H and O–H groups in total. The van der Waals surface area contributed by atoms with Crippen molar-refractivity contribution in [3.63, 3.8) is 0 Å². The fraction of sp³-hybridized carbons (Fsp3) is 0.667. The third-order valence-corrected chi connectivity index (χ3v) is 2.66. The van der Waals surface area contributed by atoms with Crippen molar-refractivity contribution in [2.75, 3.05) is 6.61 Å². The lowest BCUT2D eigenvalue weighted by Gasteiger charge is -2.13. The first-order chi connectivity index (χ1) is 9.60. The van der Waals surface area contributed by atoms with Gasteiger partial charge in [-0.05, 0) is 39.2 Å². The van der Waals surface area contributed by atoms with Crippen LogP contribution in [-0.4, -0.2) is 24.6 Å². The minimum Gasteiger partial charge on any atom is -0.435 e. The lowest BCUT2D eigenvalue weighted by Crippen LogP contribution is -2.17. The van der Waals surface area contributed by atoms with Crippen molar-refractivity contribution in [1.82, 2.24) is 0 Å². The molecule has 0 rings (SSSR count). The molecule has 20 heavy (non-hydrogen) atoms. The molecule has 0 radical (unpaired) electrons. The number of hydrogen-bond acceptors (Lipinski definition) is 5. The first-order valence-corrected chi connectivity index (χ1v) is 6.99. The minimum absolute atomic E-state index is 0.213. The molecule has 0 saturated heterocycles. The molecular weight excluding hydrogens is 258 g/mol. The Morgan fingerprint density at radius 3 is 2.55 bits per heavy atom. The van der Waals surface area contributed by atoms with Crippen LogP contribution in [0.25, 0.3) is 0 Å². The molecule has 0 aromatic heterocycles. The zero-order valence-corrected chi connectivity index (χ0v) is 12.3. The van der Waals surface area contributed by atoms with E-state index in [1.165, 1.54) is 6.08 Å². The summed E-state index contributed by atoms with van der Waals surface area (Å²) in [4.78, 5) is 22.0. The number of Topliss-reactive ketones (excluding diaryl/α,β-unsaturated/α-hetero) is 1. The van der Waals surface area contributed by atoms with Crippen LogP contribution in [-0.2, 0) is 14.3 Å². The zero-order chi connectivity index (χ0) is 15.2. The van der Waals surface area contributed by atoms with E-state index in [4.69, 9.17) is 14.7 Å². The molecule has 0 aliphatic rings. The predicted octanol–water partition coefficient (Wildman–Crippen LogP) is 3.54. The van der Waals surface area contributed by atoms with Crippen LogP contribution >= 0.6 is 0 Å². The van der Waals surface area contributed by atoms with Gasteiger partial charge in [0, 0.05) is 12.5 Å². The Kier molecular flexibility index (Phi) is 11.1. The van der Waals surface area contributed by atoms with E-state index in [0.29, 0.717) is 12.8 Å². The maximum Gasteiger partial charge on any atom is 0.508 e. The molecule has 0 aliphatic heterocycles. The van der Waals surface area contributed by atoms with Crippen molar-refractivity contribution in [2.24, 2.45) is 0 Å². The summed E-state index contributed by atoms with van der Waals surface area (Å²) in [5, 5.41) is 8.51. The summed E-state index contributed by atoms with van der Waals surface area (Å²) in [5.74, 6) is 0.213. The molecule has 0 heterocycles. The molecule has 112 valence electrons. The normalized spacial score (nSPS) is 11.8. The largest absolute Gasteiger partial charge is 0.508 e. The molecule has 0 aromatic carbocycles. The summed E-state index contributed by atoms with van der Waals surface area (Å²) in [7, 11) is 0. The Morgan fingerprint density at radius 2 is 1.95 bits per heavy atom. The van der Waals surface area contributed by atoms with Crippen LogP contribution in [0.1, 0.15) is 52.4 Å². The molecule has 0 bridgehead atoms. The number of unbranched alkanes of at least 4 members (excludes halogenated alkanes) is 3. The molecule has 5 nitrogen and oxygen atoms in total. The van der Waals surface area contributed by atoms with Crippen molar-refractivity contribution < 1.29 is 19.1 Å². The second kappa shape index (κ2) is 12.2. The molecule has 0 spiro atoms. The van der Waals surface area contributed by atoms with Crippen LogP contribution in [0, 0.1) is 11.3 Å². The summed E-state index contributed by atoms with van der Waals surface area (Å²) >= 11 is 0. The fourth-order valence-corrected chi connectivity index (χ4v) is 1.69. The Hall–Kier alpha value is -1.83. The number of rotatable bonds is 10. The number of nitrogens with zero attached hydrogens (tertiary/aromatic N) is 1. The highest BCUT2D eigenvalue weighted by molar-refractivity contribution is 5.75. The lowest BCUT2D eigenvalue weighted by atomic mass is 10.1. The SMILES string of the molecule is CCOC(=O)O[C@H](/C=C/C#N)CCCCCCC(C)=O. The van der Waals surface area contributed by atoms with Crippen molar-refractivity contribution in [3.05, 3.63) is 12.2 Å². The van der Waals surface area contributed by atoms with E-state index in [1.54, 1.807) is 19.9 Å². The summed E-state index contributed by atoms with van der Waals surface area (Å²) in [6.45, 7) is 3.56. The van der Waals surface area contributed by atoms with Crippen LogP contribution in [0.15, 0.2) is 12.2 Å². The number of ketones is 1. The van der Waals surface area contributed by atoms with E-state index in [-0.39, 0.29) is 12.4 Å². The minimum atomic E-state index is -0.711. The second-order valence-corrected chi connectivity index (χ2v) is 4.48. The standard InChI is InChI=1S/C15H23NO4/c1-3-19-15(18)20-14(11-8-12-16)10-7-5-4-6-9-13(2)17/h8,11,14H,3-7,9-10H2,1-2H3/b11-8+/t14-/m0/s1. The maximum atomic E-state index is 11.2. The molecule has 0 amide bonds. The van der Waals surface area contributed by atoms with Gasteiger partial charge in [0.25, 0.3) is 0 Å². The van der Waals surface area contributed by atoms with Gasteiger partial charge < -0.3 is 14.3 Å². The van der Waals surface area contributed by atoms with Crippen LogP contribution in [0.2, 0.25) is 0 Å².